The van der Waals surface area contributed by atoms with Crippen LogP contribution in [0.25, 0.3) is 0 Å². The number of ketones is 1. The van der Waals surface area contributed by atoms with E-state index >= 15 is 0 Å². The van der Waals surface area contributed by atoms with Crippen LogP contribution in [0.3, 0.4) is 0 Å². The maximum atomic E-state index is 10.3. The van der Waals surface area contributed by atoms with Crippen LogP contribution in [-0.2, 0) is 19.0 Å². The van der Waals surface area contributed by atoms with Gasteiger partial charge in [0.05, 0.1) is 26.4 Å². The molecule has 0 aliphatic carbocycles. The number of methoxy groups -OCH3 is 2. The summed E-state index contributed by atoms with van der Waals surface area (Å²) < 4.78 is 14.6. The van der Waals surface area contributed by atoms with Crippen molar-refractivity contribution in [3.63, 3.8) is 0 Å². The molecule has 4 nitrogen and oxygen atoms in total. The van der Waals surface area contributed by atoms with Crippen LogP contribution in [0, 0.1) is 0 Å². The van der Waals surface area contributed by atoms with Gasteiger partial charge in [-0.3, -0.25) is 0 Å². The van der Waals surface area contributed by atoms with Gasteiger partial charge in [-0.1, -0.05) is 19.8 Å². The van der Waals surface area contributed by atoms with Crippen LogP contribution in [0.4, 0.5) is 0 Å². The minimum Gasteiger partial charge on any atom is -0.382 e. The molecule has 0 heterocycles. The lowest BCUT2D eigenvalue weighted by molar-refractivity contribution is -0.117. The maximum absolute atomic E-state index is 10.3. The van der Waals surface area contributed by atoms with Crippen LogP contribution < -0.4 is 0 Å². The Balaban J connectivity index is 0. The molecule has 0 amide bonds. The third-order valence-corrected chi connectivity index (χ3v) is 2.00. The van der Waals surface area contributed by atoms with Gasteiger partial charge in [0.25, 0.3) is 0 Å². The zero-order valence-electron chi connectivity index (χ0n) is 11.8. The molecule has 0 saturated heterocycles. The first-order valence-electron chi connectivity index (χ1n) is 6.24. The summed E-state index contributed by atoms with van der Waals surface area (Å²) >= 11 is 0. The molecule has 0 N–H and O–H groups in total. The van der Waals surface area contributed by atoms with E-state index in [-0.39, 0.29) is 0 Å². The zero-order chi connectivity index (χ0) is 13.4. The number of unbranched alkanes of at least 4 members (excludes halogenated alkanes) is 2. The largest absolute Gasteiger partial charge is 0.382 e. The van der Waals surface area contributed by atoms with Crippen molar-refractivity contribution in [2.75, 3.05) is 40.6 Å². The number of carbonyl (C=O) groups excluding carboxylic acids is 1. The van der Waals surface area contributed by atoms with Gasteiger partial charge in [0.15, 0.2) is 0 Å². The fourth-order valence-corrected chi connectivity index (χ4v) is 1.01. The quantitative estimate of drug-likeness (QED) is 0.557. The molecule has 0 radical (unpaired) electrons. The molecule has 17 heavy (non-hydrogen) atoms. The van der Waals surface area contributed by atoms with Crippen LogP contribution in [0.1, 0.15) is 39.5 Å². The first-order valence-corrected chi connectivity index (χ1v) is 6.24. The summed E-state index contributed by atoms with van der Waals surface area (Å²) in [5.41, 5.74) is 0. The SMILES string of the molecule is CCCCCC(C)=O.COCCOCCOC. The predicted octanol–water partition coefficient (Wildman–Crippen LogP) is 2.45. The maximum Gasteiger partial charge on any atom is 0.129 e. The summed E-state index contributed by atoms with van der Waals surface area (Å²) in [6.07, 6.45) is 4.24. The number of Topliss-reactive ketones (excluding diaryl/α,β-unsaturated/α-hetero) is 1. The zero-order valence-corrected chi connectivity index (χ0v) is 11.8. The van der Waals surface area contributed by atoms with Crippen LogP contribution >= 0.6 is 0 Å². The lowest BCUT2D eigenvalue weighted by Gasteiger charge is -2.00. The number of carbonyl (C=O) groups is 1. The van der Waals surface area contributed by atoms with Gasteiger partial charge in [-0.25, -0.2) is 0 Å². The molecule has 0 aromatic carbocycles. The Labute approximate surface area is 106 Å². The van der Waals surface area contributed by atoms with Crippen molar-refractivity contribution in [1.29, 1.82) is 0 Å². The molecule has 0 aliphatic rings. The van der Waals surface area contributed by atoms with E-state index < -0.39 is 0 Å². The summed E-state index contributed by atoms with van der Waals surface area (Å²) in [5, 5.41) is 0. The molecule has 0 unspecified atom stereocenters. The summed E-state index contributed by atoms with van der Waals surface area (Å²) in [6, 6.07) is 0. The molecule has 0 saturated carbocycles. The van der Waals surface area contributed by atoms with Crippen molar-refractivity contribution < 1.29 is 19.0 Å². The standard InChI is InChI=1S/C7H14O.C6H14O3/c1-3-4-5-6-7(2)8;1-7-3-5-9-6-4-8-2/h3-6H2,1-2H3;3-6H2,1-2H3. The molecular formula is C13H28O4. The topological polar surface area (TPSA) is 44.8 Å². The van der Waals surface area contributed by atoms with Crippen LogP contribution in [0.5, 0.6) is 0 Å². The highest BCUT2D eigenvalue weighted by Crippen LogP contribution is 1.98. The van der Waals surface area contributed by atoms with Gasteiger partial charge in [-0.15, -0.1) is 0 Å². The molecule has 0 aromatic rings. The van der Waals surface area contributed by atoms with E-state index in [1.807, 2.05) is 0 Å². The van der Waals surface area contributed by atoms with Crippen LogP contribution in [0.2, 0.25) is 0 Å². The van der Waals surface area contributed by atoms with Gasteiger partial charge in [-0.05, 0) is 13.3 Å². The molecule has 0 aliphatic heterocycles. The van der Waals surface area contributed by atoms with Gasteiger partial charge < -0.3 is 19.0 Å². The molecular weight excluding hydrogens is 220 g/mol. The van der Waals surface area contributed by atoms with Crippen molar-refractivity contribution in [3.05, 3.63) is 0 Å². The normalized spacial score (nSPS) is 9.65. The van der Waals surface area contributed by atoms with Crippen molar-refractivity contribution in [1.82, 2.24) is 0 Å². The first-order chi connectivity index (χ1) is 8.18. The Morgan fingerprint density at radius 1 is 0.941 bits per heavy atom. The smallest absolute Gasteiger partial charge is 0.129 e. The van der Waals surface area contributed by atoms with Gasteiger partial charge in [-0.2, -0.15) is 0 Å². The molecule has 104 valence electrons. The highest BCUT2D eigenvalue weighted by Gasteiger charge is 1.89. The molecule has 0 atom stereocenters. The first kappa shape index (κ1) is 18.9. The number of hydrogen-bond donors (Lipinski definition) is 0. The van der Waals surface area contributed by atoms with Gasteiger partial charge in [0.2, 0.25) is 0 Å². The summed E-state index contributed by atoms with van der Waals surface area (Å²) in [6.45, 7) is 6.41. The van der Waals surface area contributed by atoms with Crippen molar-refractivity contribution >= 4 is 5.78 Å². The third-order valence-electron chi connectivity index (χ3n) is 2.00. The second kappa shape index (κ2) is 17.9. The fraction of sp³-hybridized carbons (Fsp3) is 0.923. The number of rotatable bonds is 10. The second-order valence-electron chi connectivity index (χ2n) is 3.76. The van der Waals surface area contributed by atoms with E-state index in [1.165, 1.54) is 12.8 Å². The Morgan fingerprint density at radius 3 is 1.82 bits per heavy atom. The number of hydrogen-bond acceptors (Lipinski definition) is 4. The monoisotopic (exact) mass is 248 g/mol. The molecule has 4 heteroatoms. The molecule has 0 aromatic heterocycles. The van der Waals surface area contributed by atoms with Crippen LogP contribution in [0.15, 0.2) is 0 Å². The second-order valence-corrected chi connectivity index (χ2v) is 3.76. The summed E-state index contributed by atoms with van der Waals surface area (Å²) in [5.74, 6) is 0.318. The van der Waals surface area contributed by atoms with E-state index in [0.717, 1.165) is 12.8 Å². The average Bonchev–Trinajstić information content (AvgIpc) is 2.30. The minimum absolute atomic E-state index is 0.318. The van der Waals surface area contributed by atoms with E-state index in [9.17, 15) is 4.79 Å². The Hall–Kier alpha value is -0.450. The molecule has 0 fully saturated rings. The highest BCUT2D eigenvalue weighted by atomic mass is 16.5. The van der Waals surface area contributed by atoms with Gasteiger partial charge >= 0.3 is 0 Å². The van der Waals surface area contributed by atoms with E-state index in [4.69, 9.17) is 14.2 Å². The van der Waals surface area contributed by atoms with Crippen molar-refractivity contribution in [2.45, 2.75) is 39.5 Å². The van der Waals surface area contributed by atoms with E-state index in [1.54, 1.807) is 21.1 Å². The van der Waals surface area contributed by atoms with Crippen molar-refractivity contribution in [3.8, 4) is 0 Å². The Morgan fingerprint density at radius 2 is 1.47 bits per heavy atom. The van der Waals surface area contributed by atoms with E-state index in [0.29, 0.717) is 32.2 Å². The molecule has 0 spiro atoms. The lowest BCUT2D eigenvalue weighted by atomic mass is 10.2. The van der Waals surface area contributed by atoms with Gasteiger partial charge in [0.1, 0.15) is 5.78 Å². The average molecular weight is 248 g/mol. The predicted molar refractivity (Wildman–Crippen MR) is 69.4 cm³/mol. The van der Waals surface area contributed by atoms with Crippen molar-refractivity contribution in [2.24, 2.45) is 0 Å². The lowest BCUT2D eigenvalue weighted by Crippen LogP contribution is -2.06. The summed E-state index contributed by atoms with van der Waals surface area (Å²) in [4.78, 5) is 10.3. The Kier molecular flexibility index (Phi) is 19.9. The molecule has 0 rings (SSSR count). The highest BCUT2D eigenvalue weighted by molar-refractivity contribution is 5.75. The minimum atomic E-state index is 0.318. The van der Waals surface area contributed by atoms with E-state index in [2.05, 4.69) is 6.92 Å². The number of ether oxygens (including phenoxy) is 3. The van der Waals surface area contributed by atoms with Gasteiger partial charge in [0, 0.05) is 20.6 Å². The third kappa shape index (κ3) is 25.7. The Bertz CT molecular complexity index is 142. The van der Waals surface area contributed by atoms with Crippen LogP contribution in [-0.4, -0.2) is 46.4 Å². The molecule has 0 bridgehead atoms. The summed E-state index contributed by atoms with van der Waals surface area (Å²) in [7, 11) is 3.30. The fourth-order valence-electron chi connectivity index (χ4n) is 1.01.